The van der Waals surface area contributed by atoms with Crippen molar-refractivity contribution in [2.45, 2.75) is 199 Å². The lowest BCUT2D eigenvalue weighted by Crippen LogP contribution is -2.38. The Hall–Kier alpha value is -4.52. The molecule has 0 radical (unpaired) electrons. The first-order valence-corrected chi connectivity index (χ1v) is 29.2. The van der Waals surface area contributed by atoms with E-state index in [2.05, 4.69) is 157 Å². The maximum absolute atomic E-state index is 11.1. The summed E-state index contributed by atoms with van der Waals surface area (Å²) in [4.78, 5) is 70.2. The highest BCUT2D eigenvalue weighted by atomic mass is 32.1. The van der Waals surface area contributed by atoms with E-state index in [-0.39, 0.29) is 41.6 Å². The van der Waals surface area contributed by atoms with E-state index in [0.29, 0.717) is 88.1 Å². The molecular weight excluding hydrogens is 1000 g/mol. The minimum absolute atomic E-state index is 0.00116. The molecule has 0 bridgehead atoms. The number of carbonyl (C=O) groups excluding carboxylic acids is 5. The number of hydrogen-bond donors (Lipinski definition) is 9. The number of amidine groups is 1. The van der Waals surface area contributed by atoms with E-state index in [1.54, 1.807) is 0 Å². The van der Waals surface area contributed by atoms with Crippen molar-refractivity contribution < 1.29 is 33.4 Å². The van der Waals surface area contributed by atoms with Crippen LogP contribution in [0.2, 0.25) is 0 Å². The molecule has 0 aliphatic carbocycles. The summed E-state index contributed by atoms with van der Waals surface area (Å²) in [5.41, 5.74) is 7.85. The molecular formula is C57H104N10O7S2. The van der Waals surface area contributed by atoms with Crippen molar-refractivity contribution in [3.05, 3.63) is 33.3 Å². The van der Waals surface area contributed by atoms with Gasteiger partial charge in [0.2, 0.25) is 17.7 Å². The molecule has 6 unspecified atom stereocenters. The first-order valence-electron chi connectivity index (χ1n) is 28.4. The fourth-order valence-electron chi connectivity index (χ4n) is 8.65. The minimum atomic E-state index is -0.270. The van der Waals surface area contributed by atoms with E-state index in [0.717, 1.165) is 95.6 Å². The van der Waals surface area contributed by atoms with E-state index in [1.165, 1.54) is 11.4 Å². The smallest absolute Gasteiger partial charge is 0.407 e. The lowest BCUT2D eigenvalue weighted by atomic mass is 9.88. The number of amides is 4. The molecule has 5 fully saturated rings. The normalized spacial score (nSPS) is 22.8. The molecule has 0 spiro atoms. The number of aliphatic imine (C=N–C) groups is 1. The second-order valence-electron chi connectivity index (χ2n) is 23.4. The molecule has 2 aromatic heterocycles. The van der Waals surface area contributed by atoms with Gasteiger partial charge in [0, 0.05) is 80.7 Å². The van der Waals surface area contributed by atoms with Crippen molar-refractivity contribution in [3.63, 3.8) is 0 Å². The van der Waals surface area contributed by atoms with Crippen LogP contribution in [0, 0.1) is 68.7 Å². The Labute approximate surface area is 467 Å². The highest BCUT2D eigenvalue weighted by Gasteiger charge is 2.27. The van der Waals surface area contributed by atoms with Gasteiger partial charge in [-0.3, -0.25) is 24.2 Å². The zero-order valence-corrected chi connectivity index (χ0v) is 51.2. The van der Waals surface area contributed by atoms with E-state index < -0.39 is 0 Å². The average Bonchev–Trinajstić information content (AvgIpc) is 4.22. The first kappa shape index (κ1) is 69.5. The van der Waals surface area contributed by atoms with Gasteiger partial charge < -0.3 is 56.4 Å². The number of piperidine rings is 1. The van der Waals surface area contributed by atoms with Crippen molar-refractivity contribution in [1.29, 1.82) is 0 Å². The number of ether oxygens (including phenoxy) is 2. The highest BCUT2D eigenvalue weighted by molar-refractivity contribution is 7.71. The molecule has 17 nitrogen and oxygen atoms in total. The number of aromatic nitrogens is 4. The van der Waals surface area contributed by atoms with E-state index >= 15 is 0 Å². The maximum atomic E-state index is 11.1. The first-order chi connectivity index (χ1) is 35.6. The van der Waals surface area contributed by atoms with Gasteiger partial charge in [0.15, 0.2) is 9.54 Å². The van der Waals surface area contributed by atoms with Crippen LogP contribution in [0.5, 0.6) is 0 Å². The summed E-state index contributed by atoms with van der Waals surface area (Å²) < 4.78 is 11.2. The number of hydrogen-bond acceptors (Lipinski definition) is 11. The Kier molecular flexibility index (Phi) is 34.1. The van der Waals surface area contributed by atoms with Gasteiger partial charge in [0.1, 0.15) is 0 Å². The summed E-state index contributed by atoms with van der Waals surface area (Å²) in [6.45, 7) is 37.9. The van der Waals surface area contributed by atoms with Gasteiger partial charge in [0.25, 0.3) is 0 Å². The van der Waals surface area contributed by atoms with Crippen LogP contribution in [0.15, 0.2) is 17.4 Å². The molecule has 6 aliphatic heterocycles. The Morgan fingerprint density at radius 3 is 1.33 bits per heavy atom. The third kappa shape index (κ3) is 29.3. The third-order valence-corrected chi connectivity index (χ3v) is 14.8. The largest absolute Gasteiger partial charge is 0.465 e. The monoisotopic (exact) mass is 1100 g/mol. The van der Waals surface area contributed by atoms with Crippen LogP contribution in [0.1, 0.15) is 198 Å². The lowest BCUT2D eigenvalue weighted by molar-refractivity contribution is -0.154. The molecule has 4 amide bonds. The zero-order chi connectivity index (χ0) is 57.7. The number of cyclic esters (lactones) is 2. The van der Waals surface area contributed by atoms with Gasteiger partial charge in [-0.05, 0) is 129 Å². The molecule has 6 aliphatic rings. The van der Waals surface area contributed by atoms with Gasteiger partial charge in [-0.2, -0.15) is 0 Å². The number of imidazole rings is 2. The predicted octanol–water partition coefficient (Wildman–Crippen LogP) is 11.4. The molecule has 2 aromatic rings. The lowest BCUT2D eigenvalue weighted by Gasteiger charge is -2.24. The van der Waals surface area contributed by atoms with Gasteiger partial charge in [-0.1, -0.05) is 111 Å². The fraction of sp³-hybridized carbons (Fsp3) is 0.789. The molecule has 76 heavy (non-hydrogen) atoms. The van der Waals surface area contributed by atoms with Crippen molar-refractivity contribution in [2.24, 2.45) is 69.9 Å². The zero-order valence-electron chi connectivity index (χ0n) is 49.5. The van der Waals surface area contributed by atoms with Crippen LogP contribution < -0.4 is 27.0 Å². The SMILES string of the molecule is CC(C)C1CCC(=O)N1.CC(C)C1CCC(=O)N1.CC(C)C1CCCNC1=O.CC(C)C1CCCOC1=O.CC(C)C1CCOC(=O)NC1.CC(C)C1CN=C(N)C1.CC(C)c1c[nH]c(=S)[nH]1.CC(C)c1c[nH]c(=S)[nH]1. The highest BCUT2D eigenvalue weighted by Crippen LogP contribution is 2.23. The number of alkyl carbamates (subject to hydrolysis) is 1. The molecule has 0 saturated carbocycles. The van der Waals surface area contributed by atoms with Crippen LogP contribution in [0.4, 0.5) is 4.79 Å². The second-order valence-corrected chi connectivity index (χ2v) is 24.2. The van der Waals surface area contributed by atoms with Gasteiger partial charge in [-0.25, -0.2) is 4.79 Å². The summed E-state index contributed by atoms with van der Waals surface area (Å²) in [7, 11) is 0. The topological polar surface area (TPSA) is 253 Å². The molecule has 8 rings (SSSR count). The Morgan fingerprint density at radius 1 is 0.566 bits per heavy atom. The summed E-state index contributed by atoms with van der Waals surface area (Å²) in [5, 5.41) is 11.4. The number of nitrogens with two attached hydrogens (primary N) is 1. The van der Waals surface area contributed by atoms with E-state index in [1.807, 2.05) is 12.4 Å². The molecule has 0 aromatic carbocycles. The van der Waals surface area contributed by atoms with Crippen molar-refractivity contribution in [2.75, 3.05) is 32.8 Å². The molecule has 436 valence electrons. The minimum Gasteiger partial charge on any atom is -0.465 e. The fourth-order valence-corrected chi connectivity index (χ4v) is 9.00. The summed E-state index contributed by atoms with van der Waals surface area (Å²) in [5.74, 6) is 7.77. The van der Waals surface area contributed by atoms with Gasteiger partial charge >= 0.3 is 12.1 Å². The molecule has 5 saturated heterocycles. The molecule has 19 heteroatoms. The third-order valence-electron chi connectivity index (χ3n) is 14.4. The van der Waals surface area contributed by atoms with E-state index in [4.69, 9.17) is 39.6 Å². The number of esters is 1. The molecule has 10 N–H and O–H groups in total. The molecule has 6 atom stereocenters. The van der Waals surface area contributed by atoms with Crippen molar-refractivity contribution in [3.8, 4) is 0 Å². The van der Waals surface area contributed by atoms with Crippen molar-refractivity contribution in [1.82, 2.24) is 41.2 Å². The van der Waals surface area contributed by atoms with Crippen LogP contribution in [-0.4, -0.2) is 100 Å². The number of rotatable bonds is 8. The number of nitrogens with one attached hydrogen (secondary N) is 8. The van der Waals surface area contributed by atoms with Crippen molar-refractivity contribution >= 4 is 60.1 Å². The number of nitrogens with zero attached hydrogens (tertiary/aromatic N) is 1. The summed E-state index contributed by atoms with van der Waals surface area (Å²) in [6.07, 6.45) is 13.3. The summed E-state index contributed by atoms with van der Waals surface area (Å²) >= 11 is 9.68. The standard InChI is InChI=1S/C8H15NO2.C8H15NO.C8H14O2.C7H14N2.2C7H13NO.2C6H10N2S/c1-6(2)7-3-4-11-8(10)9-5-7;1-6(2)7-4-3-5-9-8(7)10;1-6(2)7-4-3-5-10-8(7)9;1-5(2)6-3-7(8)9-4-6;2*1-5(2)6-3-4-7(9)8-6;2*1-4(2)5-3-7-6(9)8-5/h6-7H,3-5H2,1-2H3,(H,9,10);6-7H,3-5H2,1-2H3,(H,9,10);6-7H,3-5H2,1-2H3;5-6H,3-4H2,1-2H3,(H2,8,9);2*5-6H,3-4H2,1-2H3,(H,8,9);2*3-4H,1-2H3,(H2,7,8,9). The maximum Gasteiger partial charge on any atom is 0.407 e. The Morgan fingerprint density at radius 2 is 1.05 bits per heavy atom. The van der Waals surface area contributed by atoms with Crippen LogP contribution in [0.3, 0.4) is 0 Å². The number of carbonyl (C=O) groups is 5. The van der Waals surface area contributed by atoms with Gasteiger partial charge in [-0.15, -0.1) is 0 Å². The Bertz CT molecular complexity index is 2010. The van der Waals surface area contributed by atoms with Crippen LogP contribution in [-0.2, 0) is 28.7 Å². The van der Waals surface area contributed by atoms with Crippen LogP contribution >= 0.6 is 24.4 Å². The quantitative estimate of drug-likeness (QED) is 0.0893. The second kappa shape index (κ2) is 37.3. The van der Waals surface area contributed by atoms with Crippen LogP contribution in [0.25, 0.3) is 0 Å². The average molecular weight is 1110 g/mol. The van der Waals surface area contributed by atoms with E-state index in [9.17, 15) is 24.0 Å². The molecule has 8 heterocycles. The number of aromatic amines is 4. The predicted molar refractivity (Wildman–Crippen MR) is 313 cm³/mol. The summed E-state index contributed by atoms with van der Waals surface area (Å²) in [6, 6.07) is 0.884. The van der Waals surface area contributed by atoms with Gasteiger partial charge in [0.05, 0.1) is 25.0 Å². The number of H-pyrrole nitrogens is 4. The Balaban J connectivity index is 0.000000435.